The molecule has 0 heterocycles. The third kappa shape index (κ3) is 3.13. The van der Waals surface area contributed by atoms with Crippen molar-refractivity contribution in [1.82, 2.24) is 0 Å². The molecule has 0 saturated heterocycles. The van der Waals surface area contributed by atoms with E-state index in [2.05, 4.69) is 0 Å². The summed E-state index contributed by atoms with van der Waals surface area (Å²) < 4.78 is 59.1. The molecule has 0 aromatic heterocycles. The maximum absolute atomic E-state index is 11.8. The molecule has 0 aliphatic heterocycles. The average molecular weight is 228 g/mol. The van der Waals surface area contributed by atoms with Crippen LogP contribution in [0.1, 0.15) is 12.8 Å². The van der Waals surface area contributed by atoms with Crippen LogP contribution < -0.4 is 51.4 Å². The van der Waals surface area contributed by atoms with Crippen LogP contribution in [0.3, 0.4) is 0 Å². The molecule has 0 radical (unpaired) electrons. The van der Waals surface area contributed by atoms with Crippen LogP contribution in [0.15, 0.2) is 0 Å². The van der Waals surface area contributed by atoms with Crippen LogP contribution in [0.5, 0.6) is 0 Å². The van der Waals surface area contributed by atoms with Crippen molar-refractivity contribution < 1.29 is 78.2 Å². The van der Waals surface area contributed by atoms with E-state index in [4.69, 9.17) is 5.11 Å². The van der Waals surface area contributed by atoms with Gasteiger partial charge >= 0.3 is 58.4 Å². The minimum atomic E-state index is -5.06. The van der Waals surface area contributed by atoms with Gasteiger partial charge in [-0.05, 0) is 12.8 Å². The molecular weight excluding hydrogens is 221 g/mol. The normalized spacial score (nSPS) is 33.9. The van der Waals surface area contributed by atoms with E-state index in [1.807, 2.05) is 0 Å². The molecule has 0 atom stereocenters. The van der Waals surface area contributed by atoms with Crippen LogP contribution in [-0.2, 0) is 0 Å². The molecular formula is C5H7BF5KO. The Bertz CT molecular complexity index is 178. The largest absolute Gasteiger partial charge is 1.00 e. The van der Waals surface area contributed by atoms with Crippen molar-refractivity contribution in [1.29, 1.82) is 0 Å². The first-order valence-electron chi connectivity index (χ1n) is 3.46. The fraction of sp³-hybridized carbons (Fsp3) is 1.00. The first-order valence-corrected chi connectivity index (χ1v) is 3.46. The van der Waals surface area contributed by atoms with E-state index in [0.717, 1.165) is 0 Å². The van der Waals surface area contributed by atoms with Gasteiger partial charge in [-0.2, -0.15) is 0 Å². The summed E-state index contributed by atoms with van der Waals surface area (Å²) >= 11 is 0. The van der Waals surface area contributed by atoms with E-state index in [0.29, 0.717) is 0 Å². The molecule has 1 aliphatic carbocycles. The quantitative estimate of drug-likeness (QED) is 0.474. The van der Waals surface area contributed by atoms with Gasteiger partial charge in [-0.1, -0.05) is 5.82 Å². The second-order valence-corrected chi connectivity index (χ2v) is 3.20. The zero-order chi connectivity index (χ0) is 9.57. The SMILES string of the molecule is OC1(C(F)F)CC([B-](F)(F)F)C1.[K+]. The Hall–Kier alpha value is 1.31. The summed E-state index contributed by atoms with van der Waals surface area (Å²) in [5.74, 6) is -1.70. The van der Waals surface area contributed by atoms with E-state index in [-0.39, 0.29) is 51.4 Å². The molecule has 0 spiro atoms. The Morgan fingerprint density at radius 2 is 1.62 bits per heavy atom. The Morgan fingerprint density at radius 1 is 1.23 bits per heavy atom. The molecule has 8 heteroatoms. The van der Waals surface area contributed by atoms with Crippen LogP contribution in [0.4, 0.5) is 21.7 Å². The van der Waals surface area contributed by atoms with Gasteiger partial charge in [0, 0.05) is 0 Å². The van der Waals surface area contributed by atoms with Crippen molar-refractivity contribution in [3.05, 3.63) is 0 Å². The molecule has 0 aromatic rings. The molecule has 1 rings (SSSR count). The van der Waals surface area contributed by atoms with Gasteiger partial charge in [-0.25, -0.2) is 8.78 Å². The Morgan fingerprint density at radius 3 is 1.85 bits per heavy atom. The predicted octanol–water partition coefficient (Wildman–Crippen LogP) is -1.00. The zero-order valence-corrected chi connectivity index (χ0v) is 10.1. The third-order valence-corrected chi connectivity index (χ3v) is 2.17. The summed E-state index contributed by atoms with van der Waals surface area (Å²) in [6.07, 6.45) is -4.78. The molecule has 1 nitrogen and oxygen atoms in total. The summed E-state index contributed by atoms with van der Waals surface area (Å²) in [6, 6.07) is 0. The topological polar surface area (TPSA) is 20.2 Å². The van der Waals surface area contributed by atoms with Gasteiger partial charge in [-0.15, -0.1) is 0 Å². The van der Waals surface area contributed by atoms with Gasteiger partial charge in [-0.3, -0.25) is 0 Å². The molecule has 72 valence electrons. The van der Waals surface area contributed by atoms with Crippen molar-refractivity contribution in [2.75, 3.05) is 0 Å². The maximum Gasteiger partial charge on any atom is 1.00 e. The number of hydrogen-bond acceptors (Lipinski definition) is 1. The molecule has 1 aliphatic rings. The van der Waals surface area contributed by atoms with E-state index in [9.17, 15) is 21.7 Å². The van der Waals surface area contributed by atoms with Gasteiger partial charge < -0.3 is 18.1 Å². The second-order valence-electron chi connectivity index (χ2n) is 3.20. The summed E-state index contributed by atoms with van der Waals surface area (Å²) in [6.45, 7) is -5.06. The van der Waals surface area contributed by atoms with E-state index in [1.165, 1.54) is 0 Å². The van der Waals surface area contributed by atoms with Crippen LogP contribution in [-0.4, -0.2) is 24.1 Å². The molecule has 0 aromatic carbocycles. The monoisotopic (exact) mass is 228 g/mol. The number of rotatable bonds is 2. The first kappa shape index (κ1) is 14.3. The molecule has 0 bridgehead atoms. The first-order chi connectivity index (χ1) is 5.26. The molecule has 0 amide bonds. The molecule has 1 saturated carbocycles. The number of alkyl halides is 2. The van der Waals surface area contributed by atoms with Crippen LogP contribution in [0.25, 0.3) is 0 Å². The standard InChI is InChI=1S/C5H7BF5O.K/c7-4(8)5(12)1-3(2-5)6(9,10)11;/h3-4,12H,1-2H2;/q-1;+1. The van der Waals surface area contributed by atoms with Gasteiger partial charge in [0.25, 0.3) is 6.43 Å². The number of halogens is 5. The summed E-state index contributed by atoms with van der Waals surface area (Å²) in [5.41, 5.74) is -2.39. The molecule has 1 N–H and O–H groups in total. The molecule has 0 unspecified atom stereocenters. The van der Waals surface area contributed by atoms with Crippen molar-refractivity contribution in [3.8, 4) is 0 Å². The Balaban J connectivity index is 0.00000144. The maximum atomic E-state index is 11.8. The predicted molar refractivity (Wildman–Crippen MR) is 33.0 cm³/mol. The summed E-state index contributed by atoms with van der Waals surface area (Å²) in [7, 11) is 0. The van der Waals surface area contributed by atoms with Gasteiger partial charge in [0.1, 0.15) is 5.60 Å². The van der Waals surface area contributed by atoms with Gasteiger partial charge in [0.2, 0.25) is 0 Å². The van der Waals surface area contributed by atoms with Crippen LogP contribution in [0, 0.1) is 0 Å². The van der Waals surface area contributed by atoms with E-state index >= 15 is 0 Å². The smallest absolute Gasteiger partial charge is 0.449 e. The third-order valence-electron chi connectivity index (χ3n) is 2.17. The minimum Gasteiger partial charge on any atom is -0.449 e. The van der Waals surface area contributed by atoms with Gasteiger partial charge in [0.15, 0.2) is 0 Å². The van der Waals surface area contributed by atoms with Crippen molar-refractivity contribution in [2.45, 2.75) is 30.7 Å². The fourth-order valence-corrected chi connectivity index (χ4v) is 1.29. The minimum absolute atomic E-state index is 0. The summed E-state index contributed by atoms with van der Waals surface area (Å²) in [4.78, 5) is 0. The molecule has 1 fully saturated rings. The van der Waals surface area contributed by atoms with E-state index in [1.54, 1.807) is 0 Å². The van der Waals surface area contributed by atoms with Crippen LogP contribution in [0.2, 0.25) is 5.82 Å². The number of hydrogen-bond donors (Lipinski definition) is 1. The summed E-state index contributed by atoms with van der Waals surface area (Å²) in [5, 5.41) is 8.78. The Labute approximate surface area is 115 Å². The van der Waals surface area contributed by atoms with Crippen molar-refractivity contribution in [3.63, 3.8) is 0 Å². The van der Waals surface area contributed by atoms with E-state index < -0.39 is 37.7 Å². The molecule has 13 heavy (non-hydrogen) atoms. The van der Waals surface area contributed by atoms with Crippen LogP contribution >= 0.6 is 0 Å². The fourth-order valence-electron chi connectivity index (χ4n) is 1.29. The Kier molecular flexibility index (Phi) is 4.89. The van der Waals surface area contributed by atoms with Gasteiger partial charge in [0.05, 0.1) is 0 Å². The zero-order valence-electron chi connectivity index (χ0n) is 6.98. The second kappa shape index (κ2) is 4.44. The average Bonchev–Trinajstić information content (AvgIpc) is 1.77. The van der Waals surface area contributed by atoms with Crippen molar-refractivity contribution in [2.24, 2.45) is 0 Å². The number of aliphatic hydroxyl groups is 1. The van der Waals surface area contributed by atoms with Crippen molar-refractivity contribution >= 4 is 6.98 Å².